The van der Waals surface area contributed by atoms with E-state index in [1.54, 1.807) is 36.4 Å². The van der Waals surface area contributed by atoms with Gasteiger partial charge in [-0.15, -0.1) is 0 Å². The average molecular weight is 331 g/mol. The van der Waals surface area contributed by atoms with E-state index in [2.05, 4.69) is 10.3 Å². The maximum absolute atomic E-state index is 11.8. The number of carbonyl (C=O) groups excluding carboxylic acids is 2. The van der Waals surface area contributed by atoms with Gasteiger partial charge in [0, 0.05) is 24.3 Å². The second-order valence-electron chi connectivity index (χ2n) is 4.74. The van der Waals surface area contributed by atoms with E-state index < -0.39 is 5.97 Å². The van der Waals surface area contributed by atoms with Gasteiger partial charge in [-0.25, -0.2) is 9.79 Å². The minimum absolute atomic E-state index is 0.122. The van der Waals surface area contributed by atoms with Crippen molar-refractivity contribution >= 4 is 41.1 Å². The second kappa shape index (κ2) is 6.10. The zero-order valence-electron chi connectivity index (χ0n) is 12.0. The van der Waals surface area contributed by atoms with Gasteiger partial charge in [0.15, 0.2) is 10.9 Å². The highest BCUT2D eigenvalue weighted by Gasteiger charge is 2.24. The lowest BCUT2D eigenvalue weighted by Crippen LogP contribution is -2.07. The topological polar surface area (TPSA) is 80.9 Å². The molecule has 0 aliphatic carbocycles. The second-order valence-corrected chi connectivity index (χ2v) is 5.11. The van der Waals surface area contributed by atoms with Gasteiger partial charge in [-0.05, 0) is 48.0 Å². The summed E-state index contributed by atoms with van der Waals surface area (Å²) in [5.41, 5.74) is 1.39. The SMILES string of the molecule is CC(=O)Nc1ccc(C2=N/C(=C/c3ccc(Cl)o3)C(=O)O2)cc1. The van der Waals surface area contributed by atoms with Crippen molar-refractivity contribution in [3.8, 4) is 0 Å². The van der Waals surface area contributed by atoms with Crippen molar-refractivity contribution in [3.63, 3.8) is 0 Å². The van der Waals surface area contributed by atoms with Crippen molar-refractivity contribution in [2.75, 3.05) is 5.32 Å². The highest BCUT2D eigenvalue weighted by Crippen LogP contribution is 2.22. The smallest absolute Gasteiger partial charge is 0.363 e. The zero-order valence-corrected chi connectivity index (χ0v) is 12.8. The van der Waals surface area contributed by atoms with E-state index in [1.807, 2.05) is 0 Å². The summed E-state index contributed by atoms with van der Waals surface area (Å²) in [6.07, 6.45) is 1.45. The Labute approximate surface area is 136 Å². The Morgan fingerprint density at radius 1 is 1.22 bits per heavy atom. The first-order valence-corrected chi connectivity index (χ1v) is 7.05. The molecule has 0 fully saturated rings. The number of ether oxygens (including phenoxy) is 1. The minimum atomic E-state index is -0.571. The number of aliphatic imine (C=N–C) groups is 1. The monoisotopic (exact) mass is 330 g/mol. The van der Waals surface area contributed by atoms with E-state index in [1.165, 1.54) is 13.0 Å². The van der Waals surface area contributed by atoms with Crippen LogP contribution in [0.1, 0.15) is 18.2 Å². The van der Waals surface area contributed by atoms with E-state index in [4.69, 9.17) is 20.8 Å². The van der Waals surface area contributed by atoms with Gasteiger partial charge >= 0.3 is 5.97 Å². The van der Waals surface area contributed by atoms with Crippen molar-refractivity contribution < 1.29 is 18.7 Å². The number of esters is 1. The van der Waals surface area contributed by atoms with Crippen LogP contribution in [0.3, 0.4) is 0 Å². The summed E-state index contributed by atoms with van der Waals surface area (Å²) in [5, 5.41) is 2.88. The normalized spacial score (nSPS) is 15.5. The number of nitrogens with one attached hydrogen (secondary N) is 1. The molecule has 1 aliphatic rings. The molecule has 2 heterocycles. The zero-order chi connectivity index (χ0) is 16.4. The van der Waals surface area contributed by atoms with Gasteiger partial charge in [0.1, 0.15) is 5.76 Å². The maximum Gasteiger partial charge on any atom is 0.363 e. The molecule has 7 heteroatoms. The number of amides is 1. The predicted molar refractivity (Wildman–Crippen MR) is 85.1 cm³/mol. The number of benzene rings is 1. The van der Waals surface area contributed by atoms with E-state index in [9.17, 15) is 9.59 Å². The van der Waals surface area contributed by atoms with Gasteiger partial charge in [0.25, 0.3) is 0 Å². The highest BCUT2D eigenvalue weighted by molar-refractivity contribution is 6.28. The fourth-order valence-electron chi connectivity index (χ4n) is 1.97. The number of anilines is 1. The lowest BCUT2D eigenvalue weighted by atomic mass is 10.2. The van der Waals surface area contributed by atoms with Crippen LogP contribution < -0.4 is 5.32 Å². The molecule has 0 saturated heterocycles. The largest absolute Gasteiger partial charge is 0.445 e. The highest BCUT2D eigenvalue weighted by atomic mass is 35.5. The Morgan fingerprint density at radius 2 is 1.96 bits per heavy atom. The molecule has 0 saturated carbocycles. The lowest BCUT2D eigenvalue weighted by molar-refractivity contribution is -0.130. The maximum atomic E-state index is 11.8. The molecule has 0 atom stereocenters. The quantitative estimate of drug-likeness (QED) is 0.692. The van der Waals surface area contributed by atoms with Gasteiger partial charge in [-0.2, -0.15) is 0 Å². The molecular weight excluding hydrogens is 320 g/mol. The third-order valence-electron chi connectivity index (χ3n) is 2.95. The van der Waals surface area contributed by atoms with E-state index >= 15 is 0 Å². The standard InChI is InChI=1S/C16H11ClN2O4/c1-9(20)18-11-4-2-10(3-5-11)15-19-13(16(21)23-15)8-12-6-7-14(17)22-12/h2-8H,1H3,(H,18,20)/b13-8+. The molecule has 1 N–H and O–H groups in total. The van der Waals surface area contributed by atoms with Crippen LogP contribution in [0.5, 0.6) is 0 Å². The van der Waals surface area contributed by atoms with Gasteiger partial charge in [-0.3, -0.25) is 4.79 Å². The van der Waals surface area contributed by atoms with Crippen LogP contribution >= 0.6 is 11.6 Å². The first kappa shape index (κ1) is 15.1. The van der Waals surface area contributed by atoms with Crippen molar-refractivity contribution in [2.24, 2.45) is 4.99 Å². The molecule has 0 unspecified atom stereocenters. The molecule has 23 heavy (non-hydrogen) atoms. The molecule has 2 aromatic rings. The number of nitrogens with zero attached hydrogens (tertiary/aromatic N) is 1. The molecule has 0 spiro atoms. The molecule has 1 amide bonds. The molecule has 3 rings (SSSR count). The number of rotatable bonds is 3. The molecule has 1 aromatic heterocycles. The van der Waals surface area contributed by atoms with Crippen LogP contribution in [0, 0.1) is 0 Å². The summed E-state index contributed by atoms with van der Waals surface area (Å²) in [5.74, 6) is -0.135. The van der Waals surface area contributed by atoms with Crippen molar-refractivity contribution in [2.45, 2.75) is 6.92 Å². The third kappa shape index (κ3) is 3.49. The van der Waals surface area contributed by atoms with Crippen LogP contribution in [0.2, 0.25) is 5.22 Å². The summed E-state index contributed by atoms with van der Waals surface area (Å²) in [6.45, 7) is 1.43. The van der Waals surface area contributed by atoms with Crippen LogP contribution in [-0.2, 0) is 14.3 Å². The van der Waals surface area contributed by atoms with Gasteiger partial charge < -0.3 is 14.5 Å². The minimum Gasteiger partial charge on any atom is -0.445 e. The predicted octanol–water partition coefficient (Wildman–Crippen LogP) is 3.24. The van der Waals surface area contributed by atoms with Crippen molar-refractivity contribution in [1.29, 1.82) is 0 Å². The third-order valence-corrected chi connectivity index (χ3v) is 3.15. The number of furan rings is 1. The average Bonchev–Trinajstić information content (AvgIpc) is 3.06. The molecule has 6 nitrogen and oxygen atoms in total. The molecular formula is C16H11ClN2O4. The fraction of sp³-hybridized carbons (Fsp3) is 0.0625. The summed E-state index contributed by atoms with van der Waals surface area (Å²) < 4.78 is 10.3. The van der Waals surface area contributed by atoms with Crippen LogP contribution in [0.15, 0.2) is 51.5 Å². The Hall–Kier alpha value is -2.86. The molecule has 116 valence electrons. The Balaban J connectivity index is 1.83. The number of hydrogen-bond acceptors (Lipinski definition) is 5. The molecule has 1 aromatic carbocycles. The van der Waals surface area contributed by atoms with Crippen molar-refractivity contribution in [1.82, 2.24) is 0 Å². The number of halogens is 1. The number of hydrogen-bond donors (Lipinski definition) is 1. The van der Waals surface area contributed by atoms with Crippen LogP contribution in [-0.4, -0.2) is 17.8 Å². The summed E-state index contributed by atoms with van der Waals surface area (Å²) in [6, 6.07) is 9.98. The van der Waals surface area contributed by atoms with Crippen LogP contribution in [0.25, 0.3) is 6.08 Å². The van der Waals surface area contributed by atoms with Crippen LogP contribution in [0.4, 0.5) is 5.69 Å². The first-order chi connectivity index (χ1) is 11.0. The van der Waals surface area contributed by atoms with Crippen molar-refractivity contribution in [3.05, 3.63) is 58.6 Å². The van der Waals surface area contributed by atoms with Gasteiger partial charge in [0.05, 0.1) is 0 Å². The summed E-state index contributed by atoms with van der Waals surface area (Å²) >= 11 is 5.68. The Bertz CT molecular complexity index is 834. The Kier molecular flexibility index (Phi) is 3.99. The lowest BCUT2D eigenvalue weighted by Gasteiger charge is -2.03. The van der Waals surface area contributed by atoms with Gasteiger partial charge in [0.2, 0.25) is 11.8 Å². The summed E-state index contributed by atoms with van der Waals surface area (Å²) in [4.78, 5) is 27.0. The molecule has 0 radical (unpaired) electrons. The summed E-state index contributed by atoms with van der Waals surface area (Å²) in [7, 11) is 0. The van der Waals surface area contributed by atoms with E-state index in [-0.39, 0.29) is 22.7 Å². The number of cyclic esters (lactones) is 1. The molecule has 1 aliphatic heterocycles. The number of carbonyl (C=O) groups is 2. The Morgan fingerprint density at radius 3 is 2.57 bits per heavy atom. The molecule has 0 bridgehead atoms. The fourth-order valence-corrected chi connectivity index (χ4v) is 2.12. The van der Waals surface area contributed by atoms with E-state index in [0.29, 0.717) is 17.0 Å². The van der Waals surface area contributed by atoms with E-state index in [0.717, 1.165) is 0 Å². The van der Waals surface area contributed by atoms with Gasteiger partial charge in [-0.1, -0.05) is 0 Å². The first-order valence-electron chi connectivity index (χ1n) is 6.67.